The number of hydrogen-bond acceptors (Lipinski definition) is 4. The molecule has 1 heterocycles. The molecule has 0 unspecified atom stereocenters. The third kappa shape index (κ3) is 4.58. The van der Waals surface area contributed by atoms with Crippen LogP contribution in [0.25, 0.3) is 0 Å². The summed E-state index contributed by atoms with van der Waals surface area (Å²) in [6, 6.07) is 7.62. The van der Waals surface area contributed by atoms with Gasteiger partial charge >= 0.3 is 5.97 Å². The molecule has 0 spiro atoms. The molecule has 0 radical (unpaired) electrons. The molecule has 5 nitrogen and oxygen atoms in total. The summed E-state index contributed by atoms with van der Waals surface area (Å²) < 4.78 is 5.07. The van der Waals surface area contributed by atoms with Crippen LogP contribution in [-0.4, -0.2) is 23.0 Å². The van der Waals surface area contributed by atoms with Gasteiger partial charge in [0.2, 0.25) is 0 Å². The minimum absolute atomic E-state index is 0.00542. The van der Waals surface area contributed by atoms with Crippen molar-refractivity contribution in [2.75, 3.05) is 5.32 Å². The Morgan fingerprint density at radius 1 is 1.22 bits per heavy atom. The van der Waals surface area contributed by atoms with E-state index in [4.69, 9.17) is 39.5 Å². The summed E-state index contributed by atoms with van der Waals surface area (Å²) in [5.74, 6) is -1.28. The number of anilines is 1. The van der Waals surface area contributed by atoms with Gasteiger partial charge in [0.05, 0.1) is 16.3 Å². The zero-order valence-electron chi connectivity index (χ0n) is 11.8. The molecule has 23 heavy (non-hydrogen) atoms. The van der Waals surface area contributed by atoms with E-state index < -0.39 is 18.0 Å². The Labute approximate surface area is 147 Å². The Hall–Kier alpha value is -1.82. The SMILES string of the molecule is C[C@@H](OC(=O)c1cccnc1Cl)C(=O)Nc1ccc(Cl)cc1Cl. The highest BCUT2D eigenvalue weighted by molar-refractivity contribution is 6.36. The van der Waals surface area contributed by atoms with Crippen LogP contribution in [-0.2, 0) is 9.53 Å². The Balaban J connectivity index is 2.03. The van der Waals surface area contributed by atoms with Crippen LogP contribution in [0.5, 0.6) is 0 Å². The van der Waals surface area contributed by atoms with Crippen molar-refractivity contribution in [1.29, 1.82) is 0 Å². The summed E-state index contributed by atoms with van der Waals surface area (Å²) in [5, 5.41) is 3.28. The number of halogens is 3. The highest BCUT2D eigenvalue weighted by Crippen LogP contribution is 2.25. The van der Waals surface area contributed by atoms with E-state index >= 15 is 0 Å². The van der Waals surface area contributed by atoms with Crippen LogP contribution < -0.4 is 5.32 Å². The van der Waals surface area contributed by atoms with Crippen molar-refractivity contribution < 1.29 is 14.3 Å². The first-order chi connectivity index (χ1) is 10.9. The molecule has 2 aromatic rings. The molecule has 0 bridgehead atoms. The molecule has 0 aliphatic heterocycles. The standard InChI is InChI=1S/C15H11Cl3N2O3/c1-8(23-15(22)10-3-2-6-19-13(10)18)14(21)20-12-5-4-9(16)7-11(12)17/h2-8H,1H3,(H,20,21)/t8-/m1/s1. The van der Waals surface area contributed by atoms with Gasteiger partial charge in [0, 0.05) is 11.2 Å². The largest absolute Gasteiger partial charge is 0.449 e. The highest BCUT2D eigenvalue weighted by Gasteiger charge is 2.21. The topological polar surface area (TPSA) is 68.3 Å². The number of nitrogens with one attached hydrogen (secondary N) is 1. The van der Waals surface area contributed by atoms with Gasteiger partial charge in [0.15, 0.2) is 6.10 Å². The van der Waals surface area contributed by atoms with Crippen LogP contribution in [0.3, 0.4) is 0 Å². The van der Waals surface area contributed by atoms with Gasteiger partial charge in [-0.15, -0.1) is 0 Å². The third-order valence-electron chi connectivity index (χ3n) is 2.82. The zero-order valence-corrected chi connectivity index (χ0v) is 14.1. The minimum Gasteiger partial charge on any atom is -0.449 e. The average Bonchev–Trinajstić information content (AvgIpc) is 2.50. The van der Waals surface area contributed by atoms with Crippen LogP contribution in [0.1, 0.15) is 17.3 Å². The number of esters is 1. The Kier molecular flexibility index (Phi) is 5.82. The number of carbonyl (C=O) groups is 2. The molecule has 2 rings (SSSR count). The first-order valence-corrected chi connectivity index (χ1v) is 7.59. The zero-order chi connectivity index (χ0) is 17.0. The number of pyridine rings is 1. The number of aromatic nitrogens is 1. The number of rotatable bonds is 4. The molecule has 1 aromatic heterocycles. The predicted octanol–water partition coefficient (Wildman–Crippen LogP) is 4.23. The van der Waals surface area contributed by atoms with Gasteiger partial charge in [-0.1, -0.05) is 34.8 Å². The molecule has 0 aliphatic rings. The van der Waals surface area contributed by atoms with Crippen molar-refractivity contribution in [2.45, 2.75) is 13.0 Å². The molecule has 0 saturated heterocycles. The van der Waals surface area contributed by atoms with E-state index in [0.29, 0.717) is 10.7 Å². The first kappa shape index (κ1) is 17.5. The second kappa shape index (κ2) is 7.64. The van der Waals surface area contributed by atoms with Gasteiger partial charge in [-0.3, -0.25) is 4.79 Å². The van der Waals surface area contributed by atoms with Crippen LogP contribution in [0.2, 0.25) is 15.2 Å². The summed E-state index contributed by atoms with van der Waals surface area (Å²) in [6.45, 7) is 1.43. The van der Waals surface area contributed by atoms with E-state index in [-0.39, 0.29) is 15.7 Å². The van der Waals surface area contributed by atoms with Crippen molar-refractivity contribution >= 4 is 52.4 Å². The van der Waals surface area contributed by atoms with Crippen LogP contribution in [0, 0.1) is 0 Å². The van der Waals surface area contributed by atoms with Gasteiger partial charge in [0.25, 0.3) is 5.91 Å². The van der Waals surface area contributed by atoms with E-state index in [0.717, 1.165) is 0 Å². The summed E-state index contributed by atoms with van der Waals surface area (Å²) in [5.41, 5.74) is 0.446. The third-order valence-corrected chi connectivity index (χ3v) is 3.67. The number of ether oxygens (including phenoxy) is 1. The number of amides is 1. The van der Waals surface area contributed by atoms with Crippen molar-refractivity contribution in [3.63, 3.8) is 0 Å². The molecule has 1 aromatic carbocycles. The molecule has 120 valence electrons. The molecular weight excluding hydrogens is 363 g/mol. The maximum Gasteiger partial charge on any atom is 0.342 e. The van der Waals surface area contributed by atoms with E-state index in [9.17, 15) is 9.59 Å². The van der Waals surface area contributed by atoms with Crippen LogP contribution in [0.15, 0.2) is 36.5 Å². The Bertz CT molecular complexity index is 752. The van der Waals surface area contributed by atoms with Crippen molar-refractivity contribution in [3.8, 4) is 0 Å². The summed E-state index contributed by atoms with van der Waals surface area (Å²) >= 11 is 17.6. The number of carbonyl (C=O) groups excluding carboxylic acids is 2. The summed E-state index contributed by atoms with van der Waals surface area (Å²) in [6.07, 6.45) is 0.392. The molecule has 0 fully saturated rings. The number of nitrogens with zero attached hydrogens (tertiary/aromatic N) is 1. The monoisotopic (exact) mass is 372 g/mol. The van der Waals surface area contributed by atoms with Crippen molar-refractivity contribution in [2.24, 2.45) is 0 Å². The van der Waals surface area contributed by atoms with Crippen LogP contribution in [0.4, 0.5) is 5.69 Å². The van der Waals surface area contributed by atoms with Gasteiger partial charge in [-0.05, 0) is 37.3 Å². The maximum absolute atomic E-state index is 12.1. The molecule has 1 N–H and O–H groups in total. The van der Waals surface area contributed by atoms with Gasteiger partial charge < -0.3 is 10.1 Å². The summed E-state index contributed by atoms with van der Waals surface area (Å²) in [4.78, 5) is 27.8. The quantitative estimate of drug-likeness (QED) is 0.643. The second-order valence-corrected chi connectivity index (χ2v) is 5.70. The molecular formula is C15H11Cl3N2O3. The fourth-order valence-electron chi connectivity index (χ4n) is 1.64. The smallest absolute Gasteiger partial charge is 0.342 e. The maximum atomic E-state index is 12.1. The lowest BCUT2D eigenvalue weighted by atomic mass is 10.2. The van der Waals surface area contributed by atoms with Crippen LogP contribution >= 0.6 is 34.8 Å². The molecule has 1 amide bonds. The number of benzene rings is 1. The van der Waals surface area contributed by atoms with Crippen molar-refractivity contribution in [3.05, 3.63) is 57.3 Å². The van der Waals surface area contributed by atoms with E-state index in [1.165, 1.54) is 25.3 Å². The molecule has 0 saturated carbocycles. The van der Waals surface area contributed by atoms with Crippen molar-refractivity contribution in [1.82, 2.24) is 4.98 Å². The second-order valence-electron chi connectivity index (χ2n) is 4.50. The van der Waals surface area contributed by atoms with E-state index in [1.807, 2.05) is 0 Å². The predicted molar refractivity (Wildman–Crippen MR) is 89.2 cm³/mol. The first-order valence-electron chi connectivity index (χ1n) is 6.46. The summed E-state index contributed by atoms with van der Waals surface area (Å²) in [7, 11) is 0. The Morgan fingerprint density at radius 3 is 2.61 bits per heavy atom. The lowest BCUT2D eigenvalue weighted by Crippen LogP contribution is -2.30. The fraction of sp³-hybridized carbons (Fsp3) is 0.133. The number of hydrogen-bond donors (Lipinski definition) is 1. The Morgan fingerprint density at radius 2 is 1.96 bits per heavy atom. The van der Waals surface area contributed by atoms with E-state index in [1.54, 1.807) is 18.2 Å². The minimum atomic E-state index is -1.05. The molecule has 8 heteroatoms. The molecule has 1 atom stereocenters. The lowest BCUT2D eigenvalue weighted by Gasteiger charge is -2.14. The average molecular weight is 374 g/mol. The van der Waals surface area contributed by atoms with Gasteiger partial charge in [-0.25, -0.2) is 9.78 Å². The van der Waals surface area contributed by atoms with Gasteiger partial charge in [0.1, 0.15) is 5.15 Å². The molecule has 0 aliphatic carbocycles. The lowest BCUT2D eigenvalue weighted by molar-refractivity contribution is -0.123. The fourth-order valence-corrected chi connectivity index (χ4v) is 2.29. The highest BCUT2D eigenvalue weighted by atomic mass is 35.5. The van der Waals surface area contributed by atoms with Gasteiger partial charge in [-0.2, -0.15) is 0 Å². The van der Waals surface area contributed by atoms with E-state index in [2.05, 4.69) is 10.3 Å². The normalized spacial score (nSPS) is 11.7.